The molecule has 0 aromatic rings. The number of rotatable bonds is 4. The molecule has 0 amide bonds. The Bertz CT molecular complexity index is 333. The lowest BCUT2D eigenvalue weighted by molar-refractivity contribution is -0.905. The van der Waals surface area contributed by atoms with E-state index in [1.807, 2.05) is 7.05 Å². The number of morpholine rings is 1. The van der Waals surface area contributed by atoms with Gasteiger partial charge in [-0.3, -0.25) is 8.76 Å². The largest absolute Gasteiger partial charge is 0.370 e. The van der Waals surface area contributed by atoms with E-state index in [0.717, 1.165) is 13.1 Å². The van der Waals surface area contributed by atoms with Crippen LogP contribution in [0.4, 0.5) is 0 Å². The summed E-state index contributed by atoms with van der Waals surface area (Å²) in [6.07, 6.45) is 0. The highest BCUT2D eigenvalue weighted by atomic mass is 32.3. The van der Waals surface area contributed by atoms with Gasteiger partial charge >= 0.3 is 0 Å². The van der Waals surface area contributed by atoms with Crippen LogP contribution in [-0.4, -0.2) is 66.0 Å². The molecule has 1 aliphatic heterocycles. The summed E-state index contributed by atoms with van der Waals surface area (Å²) >= 11 is 0. The van der Waals surface area contributed by atoms with E-state index in [0.29, 0.717) is 17.7 Å². The zero-order valence-corrected chi connectivity index (χ0v) is 10.2. The first-order valence-electron chi connectivity index (χ1n) is 4.52. The number of hydrogen-bond acceptors (Lipinski definition) is 4. The van der Waals surface area contributed by atoms with Crippen LogP contribution in [0.25, 0.3) is 0 Å². The van der Waals surface area contributed by atoms with Gasteiger partial charge in [0.15, 0.2) is 11.0 Å². The lowest BCUT2D eigenvalue weighted by Gasteiger charge is -2.36. The van der Waals surface area contributed by atoms with E-state index in [1.165, 1.54) is 0 Å². The fourth-order valence-electron chi connectivity index (χ4n) is 1.46. The number of nitrogens with zero attached hydrogens (tertiary/aromatic N) is 1. The molecule has 0 aromatic carbocycles. The molecular formula is C7H16NO5S2+. The average molecular weight is 258 g/mol. The van der Waals surface area contributed by atoms with E-state index in [2.05, 4.69) is 0 Å². The molecule has 0 aromatic heterocycles. The van der Waals surface area contributed by atoms with Crippen LogP contribution in [0.15, 0.2) is 0 Å². The smallest absolute Gasteiger partial charge is 0.277 e. The Balaban J connectivity index is 2.49. The number of ether oxygens (including phenoxy) is 1. The third-order valence-corrected chi connectivity index (χ3v) is 5.44. The van der Waals surface area contributed by atoms with Crippen molar-refractivity contribution in [1.29, 1.82) is 0 Å². The van der Waals surface area contributed by atoms with Crippen molar-refractivity contribution in [2.24, 2.45) is 0 Å². The van der Waals surface area contributed by atoms with Crippen molar-refractivity contribution in [3.8, 4) is 0 Å². The lowest BCUT2D eigenvalue weighted by atomic mass is 10.4. The second-order valence-electron chi connectivity index (χ2n) is 3.95. The summed E-state index contributed by atoms with van der Waals surface area (Å²) in [5, 5.41) is -0.679. The quantitative estimate of drug-likeness (QED) is 0.517. The maximum absolute atomic E-state index is 11.4. The fourth-order valence-corrected chi connectivity index (χ4v) is 4.04. The highest BCUT2D eigenvalue weighted by molar-refractivity contribution is 8.02. The summed E-state index contributed by atoms with van der Waals surface area (Å²) in [7, 11) is -3.78. The Morgan fingerprint density at radius 1 is 1.40 bits per heavy atom. The van der Waals surface area contributed by atoms with Crippen LogP contribution in [0.5, 0.6) is 0 Å². The van der Waals surface area contributed by atoms with Crippen LogP contribution in [0.2, 0.25) is 0 Å². The standard InChI is InChI=1S/C7H15NO5S2/c1-8(2-4-13-5-3-8)6-14(9)7-15(10,11)12/h2-7H2,1H3/p+1/t14-/m1/s1. The minimum atomic E-state index is -4.14. The summed E-state index contributed by atoms with van der Waals surface area (Å²) in [4.78, 5) is 0. The molecule has 15 heavy (non-hydrogen) atoms. The second-order valence-corrected chi connectivity index (χ2v) is 7.19. The number of quaternary nitrogens is 1. The first kappa shape index (κ1) is 13.0. The molecule has 1 atom stereocenters. The van der Waals surface area contributed by atoms with Gasteiger partial charge in [-0.1, -0.05) is 0 Å². The monoisotopic (exact) mass is 258 g/mol. The van der Waals surface area contributed by atoms with Gasteiger partial charge in [0.1, 0.15) is 13.1 Å². The van der Waals surface area contributed by atoms with Crippen molar-refractivity contribution in [1.82, 2.24) is 0 Å². The summed E-state index contributed by atoms with van der Waals surface area (Å²) in [6.45, 7) is 2.63. The molecule has 6 nitrogen and oxygen atoms in total. The fraction of sp³-hybridized carbons (Fsp3) is 1.00. The SMILES string of the molecule is C[N+]1(C[S@@](=O)CS(=O)(=O)O)CCOCC1. The van der Waals surface area contributed by atoms with E-state index in [4.69, 9.17) is 9.29 Å². The molecule has 1 fully saturated rings. The molecule has 0 radical (unpaired) electrons. The van der Waals surface area contributed by atoms with Gasteiger partial charge in [-0.25, -0.2) is 0 Å². The van der Waals surface area contributed by atoms with E-state index in [-0.39, 0.29) is 5.88 Å². The van der Waals surface area contributed by atoms with Crippen LogP contribution in [0.3, 0.4) is 0 Å². The maximum atomic E-state index is 11.4. The maximum Gasteiger partial charge on any atom is 0.277 e. The summed E-state index contributed by atoms with van der Waals surface area (Å²) in [5.74, 6) is 0.239. The Morgan fingerprint density at radius 2 is 1.93 bits per heavy atom. The van der Waals surface area contributed by atoms with Crippen LogP contribution in [0.1, 0.15) is 0 Å². The Hall–Kier alpha value is -0.0200. The van der Waals surface area contributed by atoms with E-state index in [1.54, 1.807) is 0 Å². The van der Waals surface area contributed by atoms with Gasteiger partial charge in [-0.15, -0.1) is 0 Å². The molecule has 1 N–H and O–H groups in total. The normalized spacial score (nSPS) is 23.6. The first-order valence-corrected chi connectivity index (χ1v) is 7.62. The van der Waals surface area contributed by atoms with Gasteiger partial charge in [-0.2, -0.15) is 8.42 Å². The van der Waals surface area contributed by atoms with Crippen LogP contribution in [-0.2, 0) is 25.7 Å². The molecule has 1 heterocycles. The Kier molecular flexibility index (Phi) is 4.24. The molecule has 1 rings (SSSR count). The summed E-state index contributed by atoms with van der Waals surface area (Å²) in [6, 6.07) is 0. The topological polar surface area (TPSA) is 80.7 Å². The molecule has 0 saturated carbocycles. The molecule has 0 bridgehead atoms. The molecule has 8 heteroatoms. The molecular weight excluding hydrogens is 242 g/mol. The Morgan fingerprint density at radius 3 is 2.40 bits per heavy atom. The molecule has 1 saturated heterocycles. The molecule has 1 aliphatic rings. The predicted octanol–water partition coefficient (Wildman–Crippen LogP) is -0.985. The van der Waals surface area contributed by atoms with E-state index in [9.17, 15) is 12.6 Å². The van der Waals surface area contributed by atoms with Crippen LogP contribution < -0.4 is 0 Å². The van der Waals surface area contributed by atoms with Crippen molar-refractivity contribution in [2.45, 2.75) is 0 Å². The van der Waals surface area contributed by atoms with Crippen molar-refractivity contribution in [3.05, 3.63) is 0 Å². The summed E-state index contributed by atoms with van der Waals surface area (Å²) in [5.41, 5.74) is 0. The molecule has 0 spiro atoms. The molecule has 0 unspecified atom stereocenters. The van der Waals surface area contributed by atoms with E-state index >= 15 is 0 Å². The van der Waals surface area contributed by atoms with Gasteiger partial charge in [0.05, 0.1) is 31.1 Å². The van der Waals surface area contributed by atoms with Crippen LogP contribution >= 0.6 is 0 Å². The third kappa shape index (κ3) is 5.03. The molecule has 90 valence electrons. The van der Waals surface area contributed by atoms with E-state index < -0.39 is 26.0 Å². The minimum Gasteiger partial charge on any atom is -0.370 e. The number of likely N-dealkylation sites (N-methyl/N-ethyl adjacent to an activating group) is 1. The summed E-state index contributed by atoms with van der Waals surface area (Å²) < 4.78 is 46.7. The zero-order valence-electron chi connectivity index (χ0n) is 8.59. The lowest BCUT2D eigenvalue weighted by Crippen LogP contribution is -2.53. The van der Waals surface area contributed by atoms with Crippen molar-refractivity contribution in [3.63, 3.8) is 0 Å². The minimum absolute atomic E-state index is 0.239. The van der Waals surface area contributed by atoms with Gasteiger partial charge in [0.2, 0.25) is 0 Å². The van der Waals surface area contributed by atoms with Crippen molar-refractivity contribution < 1.29 is 26.4 Å². The van der Waals surface area contributed by atoms with Gasteiger partial charge in [0, 0.05) is 0 Å². The van der Waals surface area contributed by atoms with Crippen molar-refractivity contribution in [2.75, 3.05) is 44.3 Å². The first-order chi connectivity index (χ1) is 6.81. The predicted molar refractivity (Wildman–Crippen MR) is 56.2 cm³/mol. The highest BCUT2D eigenvalue weighted by Crippen LogP contribution is 2.09. The van der Waals surface area contributed by atoms with Crippen LogP contribution in [0, 0.1) is 0 Å². The number of hydrogen-bond donors (Lipinski definition) is 1. The second kappa shape index (κ2) is 4.88. The highest BCUT2D eigenvalue weighted by Gasteiger charge is 2.28. The molecule has 0 aliphatic carbocycles. The van der Waals surface area contributed by atoms with Gasteiger partial charge in [0.25, 0.3) is 10.1 Å². The Labute approximate surface area is 92.0 Å². The average Bonchev–Trinajstić information content (AvgIpc) is 1.99. The van der Waals surface area contributed by atoms with Gasteiger partial charge in [-0.05, 0) is 0 Å². The zero-order chi connectivity index (χ0) is 11.5. The van der Waals surface area contributed by atoms with Gasteiger partial charge < -0.3 is 9.22 Å². The van der Waals surface area contributed by atoms with Crippen molar-refractivity contribution >= 4 is 20.9 Å². The third-order valence-electron chi connectivity index (χ3n) is 2.29.